The van der Waals surface area contributed by atoms with Crippen LogP contribution in [0, 0.1) is 19.7 Å². The van der Waals surface area contributed by atoms with Crippen LogP contribution < -0.4 is 4.74 Å². The van der Waals surface area contributed by atoms with Crippen LogP contribution in [0.5, 0.6) is 11.6 Å². The Balaban J connectivity index is 1.80. The summed E-state index contributed by atoms with van der Waals surface area (Å²) in [5.41, 5.74) is 2.98. The molecule has 0 aliphatic rings. The van der Waals surface area contributed by atoms with Crippen LogP contribution in [0.3, 0.4) is 0 Å². The van der Waals surface area contributed by atoms with Gasteiger partial charge >= 0.3 is 5.97 Å². The minimum absolute atomic E-state index is 0.0420. The Morgan fingerprint density at radius 1 is 1.33 bits per heavy atom. The van der Waals surface area contributed by atoms with Gasteiger partial charge < -0.3 is 14.5 Å². The van der Waals surface area contributed by atoms with Gasteiger partial charge in [-0.25, -0.2) is 13.7 Å². The Morgan fingerprint density at radius 2 is 2.15 bits per heavy atom. The number of fused-ring (bicyclic) bond motifs is 2. The summed E-state index contributed by atoms with van der Waals surface area (Å²) in [6, 6.07) is 5.00. The predicted molar refractivity (Wildman–Crippen MR) is 96.7 cm³/mol. The largest absolute Gasteiger partial charge is 0.462 e. The van der Waals surface area contributed by atoms with Crippen LogP contribution in [-0.4, -0.2) is 32.2 Å². The molecule has 138 valence electrons. The Morgan fingerprint density at radius 3 is 2.93 bits per heavy atom. The first kappa shape index (κ1) is 17.0. The molecule has 0 unspecified atom stereocenters. The van der Waals surface area contributed by atoms with Gasteiger partial charge in [0.05, 0.1) is 12.2 Å². The topological polar surface area (TPSA) is 81.5 Å². The molecule has 0 spiro atoms. The molecule has 3 aromatic heterocycles. The number of carbonyl (C=O) groups is 1. The van der Waals surface area contributed by atoms with Crippen LogP contribution in [0.15, 0.2) is 30.7 Å². The average molecular weight is 374 g/mol. The molecule has 0 radical (unpaired) electrons. The second-order valence-corrected chi connectivity index (χ2v) is 6.14. The van der Waals surface area contributed by atoms with Crippen LogP contribution in [0.1, 0.15) is 28.5 Å². The van der Waals surface area contributed by atoms with E-state index in [1.165, 1.54) is 16.9 Å². The highest BCUT2D eigenvalue weighted by molar-refractivity contribution is 5.94. The first-order valence-electron chi connectivity index (χ1n) is 8.45. The SMILES string of the molecule is CCO[13C](=O)[13c]1c[15n]2nc[15n]c(Oc3ccc4[nH]c(C)cc4c3F)c2[13c]1[13CH3]. The summed E-state index contributed by atoms with van der Waals surface area (Å²) in [5, 5.41) is 4.54. The molecule has 4 aromatic rings. The molecule has 0 saturated heterocycles. The second kappa shape index (κ2) is 6.39. The van der Waals surface area contributed by atoms with Crippen molar-refractivity contribution in [3.8, 4) is 11.6 Å². The van der Waals surface area contributed by atoms with E-state index in [4.69, 9.17) is 9.47 Å². The van der Waals surface area contributed by atoms with Gasteiger partial charge in [-0.3, -0.25) is 0 Å². The molecule has 7 nitrogen and oxygen atoms in total. The van der Waals surface area contributed by atoms with E-state index in [-0.39, 0.29) is 18.2 Å². The minimum Gasteiger partial charge on any atom is -0.462 e. The van der Waals surface area contributed by atoms with E-state index >= 15 is 0 Å². The molecule has 1 N–H and O–H groups in total. The highest BCUT2D eigenvalue weighted by Crippen LogP contribution is 2.33. The monoisotopic (exact) mass is 374 g/mol. The molecule has 27 heavy (non-hydrogen) atoms. The Labute approximate surface area is 153 Å². The number of benzene rings is 1. The van der Waals surface area contributed by atoms with E-state index < -0.39 is 11.8 Å². The van der Waals surface area contributed by atoms with Crippen molar-refractivity contribution in [1.29, 1.82) is 0 Å². The summed E-state index contributed by atoms with van der Waals surface area (Å²) in [6.07, 6.45) is 2.83. The van der Waals surface area contributed by atoms with Crippen LogP contribution in [0.4, 0.5) is 4.39 Å². The lowest BCUT2D eigenvalue weighted by Crippen LogP contribution is -2.04. The van der Waals surface area contributed by atoms with Crippen molar-refractivity contribution in [1.82, 2.24) is 19.6 Å². The summed E-state index contributed by atoms with van der Waals surface area (Å²) in [4.78, 5) is 19.3. The zero-order chi connectivity index (χ0) is 19.1. The highest BCUT2D eigenvalue weighted by atomic mass is 19.1. The fourth-order valence-electron chi connectivity index (χ4n) is 3.09. The van der Waals surface area contributed by atoms with Crippen LogP contribution in [0.2, 0.25) is 0 Å². The first-order valence-corrected chi connectivity index (χ1v) is 8.45. The molecule has 0 amide bonds. The van der Waals surface area contributed by atoms with Crippen LogP contribution in [-0.2, 0) is 4.74 Å². The molecule has 0 aliphatic heterocycles. The predicted octanol–water partition coefficient (Wildman–Crippen LogP) is 3.94. The lowest BCUT2D eigenvalue weighted by atomic mass is 10.2. The van der Waals surface area contributed by atoms with E-state index in [1.54, 1.807) is 32.2 Å². The third-order valence-electron chi connectivity index (χ3n) is 4.33. The molecule has 0 bridgehead atoms. The number of H-pyrrole nitrogens is 1. The summed E-state index contributed by atoms with van der Waals surface area (Å²) in [6.45, 7) is 5.60. The third-order valence-corrected chi connectivity index (χ3v) is 4.33. The van der Waals surface area contributed by atoms with E-state index in [2.05, 4.69) is 15.1 Å². The molecule has 0 saturated carbocycles. The van der Waals surface area contributed by atoms with Gasteiger partial charge in [0, 0.05) is 22.8 Å². The lowest BCUT2D eigenvalue weighted by Gasteiger charge is -2.08. The number of aromatic amines is 1. The Kier molecular flexibility index (Phi) is 4.02. The Bertz CT molecular complexity index is 1180. The maximum atomic E-state index is 14.8. The van der Waals surface area contributed by atoms with Crippen molar-refractivity contribution in [2.75, 3.05) is 6.61 Å². The van der Waals surface area contributed by atoms with Crippen molar-refractivity contribution in [2.24, 2.45) is 0 Å². The zero-order valence-electron chi connectivity index (χ0n) is 15.0. The number of halogens is 1. The fraction of sp³-hybridized carbons (Fsp3) is 0.211. The van der Waals surface area contributed by atoms with Crippen molar-refractivity contribution in [3.63, 3.8) is 0 Å². The quantitative estimate of drug-likeness (QED) is 0.432. The fourth-order valence-corrected chi connectivity index (χ4v) is 3.09. The number of hydrogen-bond donors (Lipinski definition) is 1. The van der Waals surface area contributed by atoms with Crippen LogP contribution >= 0.6 is 0 Å². The molecule has 8 heteroatoms. The van der Waals surface area contributed by atoms with Crippen LogP contribution in [0.25, 0.3) is 16.4 Å². The lowest BCUT2D eigenvalue weighted by molar-refractivity contribution is 0.0525. The molecule has 4 rings (SSSR count). The summed E-state index contributed by atoms with van der Waals surface area (Å²) in [5.74, 6) is -0.741. The summed E-state index contributed by atoms with van der Waals surface area (Å²) >= 11 is 0. The molecule has 0 fully saturated rings. The number of rotatable bonds is 4. The summed E-state index contributed by atoms with van der Waals surface area (Å²) < 4.78 is 27.1. The maximum Gasteiger partial charge on any atom is 0.340 e. The van der Waals surface area contributed by atoms with E-state index in [1.807, 2.05) is 6.92 Å². The number of aromatic nitrogens is 4. The number of hydrogen-bond acceptors (Lipinski definition) is 5. The number of nitrogens with one attached hydrogen (secondary N) is 1. The number of aryl methyl sites for hydroxylation is 2. The van der Waals surface area contributed by atoms with E-state index in [9.17, 15) is 9.18 Å². The van der Waals surface area contributed by atoms with Gasteiger partial charge in [-0.1, -0.05) is 0 Å². The zero-order valence-corrected chi connectivity index (χ0v) is 15.0. The third kappa shape index (κ3) is 2.79. The van der Waals surface area contributed by atoms with Crippen molar-refractivity contribution >= 4 is 22.4 Å². The number of nitrogens with zero attached hydrogens (tertiary/aromatic N) is 3. The van der Waals surface area contributed by atoms with Gasteiger partial charge in [-0.2, -0.15) is 10.1 Å². The standard InChI is InChI=1S/C19H17FN4O3/c1-4-26-19(25)13-8-24-17(11(13)3)18(21-9-22-24)27-15-6-5-14-12(16(15)20)7-10(2)23-14/h5-9,23H,4H2,1-3H3/i3+1,11+1,13+1,19+1,21+1,24+1. The molecular formula is C19H17FN4O3. The molecular weight excluding hydrogens is 357 g/mol. The normalized spacial score (nSPS) is 11.3. The molecule has 0 aliphatic carbocycles. The van der Waals surface area contributed by atoms with Gasteiger partial charge in [0.15, 0.2) is 11.6 Å². The first-order chi connectivity index (χ1) is 13.0. The highest BCUT2D eigenvalue weighted by Gasteiger charge is 2.21. The number of esters is 1. The average Bonchev–Trinajstić information content (AvgIpc) is 3.19. The van der Waals surface area contributed by atoms with Gasteiger partial charge in [0.25, 0.3) is 0 Å². The van der Waals surface area contributed by atoms with Crippen molar-refractivity contribution in [3.05, 3.63) is 53.4 Å². The Hall–Kier alpha value is -3.42. The number of ether oxygens (including phenoxy) is 2. The minimum atomic E-state index is -0.483. The molecule has 1 aromatic carbocycles. The number of carbonyl (C=O) groups excluding carboxylic acids is 1. The van der Waals surface area contributed by atoms with Gasteiger partial charge in [-0.15, -0.1) is 0 Å². The maximum absolute atomic E-state index is 14.8. The van der Waals surface area contributed by atoms with Gasteiger partial charge in [-0.05, 0) is 44.5 Å². The second-order valence-electron chi connectivity index (χ2n) is 6.14. The molecule has 3 heterocycles. The summed E-state index contributed by atoms with van der Waals surface area (Å²) in [7, 11) is 0. The molecule has 0 atom stereocenters. The van der Waals surface area contributed by atoms with Crippen molar-refractivity contribution < 1.29 is 18.7 Å². The van der Waals surface area contributed by atoms with Crippen molar-refractivity contribution in [2.45, 2.75) is 20.8 Å². The van der Waals surface area contributed by atoms with Gasteiger partial charge in [0.1, 0.15) is 11.8 Å². The van der Waals surface area contributed by atoms with E-state index in [0.717, 1.165) is 5.69 Å². The van der Waals surface area contributed by atoms with Gasteiger partial charge in [0.2, 0.25) is 5.88 Å². The van der Waals surface area contributed by atoms with E-state index in [0.29, 0.717) is 27.5 Å². The smallest absolute Gasteiger partial charge is 0.340 e.